The first-order chi connectivity index (χ1) is 15.5. The first-order valence-corrected chi connectivity index (χ1v) is 10.9. The van der Waals surface area contributed by atoms with E-state index in [0.29, 0.717) is 48.4 Å². The van der Waals surface area contributed by atoms with Crippen molar-refractivity contribution < 1.29 is 29.0 Å². The summed E-state index contributed by atoms with van der Waals surface area (Å²) in [5, 5.41) is 9.07. The molecule has 1 aromatic heterocycles. The fourth-order valence-electron chi connectivity index (χ4n) is 4.34. The summed E-state index contributed by atoms with van der Waals surface area (Å²) >= 11 is 0. The molecule has 2 aliphatic carbocycles. The summed E-state index contributed by atoms with van der Waals surface area (Å²) in [6.07, 6.45) is 4.00. The van der Waals surface area contributed by atoms with E-state index < -0.39 is 12.1 Å². The molecule has 2 heterocycles. The Labute approximate surface area is 185 Å². The summed E-state index contributed by atoms with van der Waals surface area (Å²) in [5.74, 6) is 0.211. The number of aliphatic carboxylic acids is 1. The molecule has 0 spiro atoms. The Bertz CT molecular complexity index is 1060. The Hall–Kier alpha value is -3.42. The highest BCUT2D eigenvalue weighted by molar-refractivity contribution is 6.04. The zero-order chi connectivity index (χ0) is 22.2. The number of carboxylic acids is 1. The summed E-state index contributed by atoms with van der Waals surface area (Å²) in [7, 11) is 0. The van der Waals surface area contributed by atoms with E-state index in [0.717, 1.165) is 5.56 Å². The molecule has 1 saturated carbocycles. The number of hydrogen-bond donors (Lipinski definition) is 1. The second kappa shape index (κ2) is 8.26. The fourth-order valence-corrected chi connectivity index (χ4v) is 4.34. The Morgan fingerprint density at radius 2 is 2.00 bits per heavy atom. The first-order valence-electron chi connectivity index (χ1n) is 10.9. The molecule has 2 atom stereocenters. The van der Waals surface area contributed by atoms with Crippen LogP contribution in [0.4, 0.5) is 5.69 Å². The minimum absolute atomic E-state index is 0.0743. The molecule has 166 valence electrons. The molecule has 8 nitrogen and oxygen atoms in total. The molecule has 0 radical (unpaired) electrons. The highest BCUT2D eigenvalue weighted by Crippen LogP contribution is 2.38. The van der Waals surface area contributed by atoms with Gasteiger partial charge >= 0.3 is 5.97 Å². The molecule has 1 aliphatic heterocycles. The summed E-state index contributed by atoms with van der Waals surface area (Å²) in [5.41, 5.74) is 1.89. The van der Waals surface area contributed by atoms with Crippen LogP contribution in [0.3, 0.4) is 0 Å². The van der Waals surface area contributed by atoms with E-state index in [1.165, 1.54) is 12.8 Å². The number of fused-ring (bicyclic) bond motifs is 1. The lowest BCUT2D eigenvalue weighted by Crippen LogP contribution is -2.32. The van der Waals surface area contributed by atoms with Crippen LogP contribution >= 0.6 is 0 Å². The minimum Gasteiger partial charge on any atom is -0.481 e. The van der Waals surface area contributed by atoms with Gasteiger partial charge < -0.3 is 19.5 Å². The molecule has 1 amide bonds. The van der Waals surface area contributed by atoms with Gasteiger partial charge in [0.1, 0.15) is 5.75 Å². The number of ether oxygens (including phenoxy) is 2. The smallest absolute Gasteiger partial charge is 0.303 e. The molecule has 3 aliphatic rings. The summed E-state index contributed by atoms with van der Waals surface area (Å²) in [6, 6.07) is 8.75. The maximum atomic E-state index is 12.9. The zero-order valence-electron chi connectivity index (χ0n) is 17.5. The Kier molecular flexibility index (Phi) is 5.28. The number of aromatic nitrogens is 1. The normalized spacial score (nSPS) is 22.2. The van der Waals surface area contributed by atoms with Crippen LogP contribution in [0.1, 0.15) is 53.9 Å². The maximum Gasteiger partial charge on any atom is 0.303 e. The molecule has 1 N–H and O–H groups in total. The van der Waals surface area contributed by atoms with E-state index >= 15 is 0 Å². The van der Waals surface area contributed by atoms with Gasteiger partial charge in [0, 0.05) is 42.6 Å². The number of rotatable bonds is 8. The van der Waals surface area contributed by atoms with Crippen molar-refractivity contribution in [1.29, 1.82) is 0 Å². The van der Waals surface area contributed by atoms with Crippen LogP contribution in [-0.4, -0.2) is 47.0 Å². The fraction of sp³-hybridized carbons (Fsp3) is 0.417. The second-order valence-corrected chi connectivity index (χ2v) is 8.67. The number of carbonyl (C=O) groups is 3. The number of carboxylic acid groups (broad SMARTS) is 1. The number of anilines is 1. The molecule has 5 rings (SSSR count). The number of ketones is 1. The molecule has 2 aromatic rings. The summed E-state index contributed by atoms with van der Waals surface area (Å²) in [6.45, 7) is 1.16. The Balaban J connectivity index is 1.24. The van der Waals surface area contributed by atoms with Crippen LogP contribution in [-0.2, 0) is 9.59 Å². The number of nitrogens with zero attached hydrogens (tertiary/aromatic N) is 2. The van der Waals surface area contributed by atoms with Crippen molar-refractivity contribution in [2.45, 2.75) is 44.1 Å². The van der Waals surface area contributed by atoms with Gasteiger partial charge in [-0.1, -0.05) is 6.07 Å². The van der Waals surface area contributed by atoms with Crippen molar-refractivity contribution in [3.8, 4) is 11.6 Å². The van der Waals surface area contributed by atoms with Gasteiger partial charge in [-0.05, 0) is 42.5 Å². The largest absolute Gasteiger partial charge is 0.481 e. The first kappa shape index (κ1) is 20.5. The third-order valence-corrected chi connectivity index (χ3v) is 6.25. The van der Waals surface area contributed by atoms with Crippen molar-refractivity contribution in [3.63, 3.8) is 0 Å². The average Bonchev–Trinajstić information content (AvgIpc) is 3.48. The number of pyridine rings is 1. The van der Waals surface area contributed by atoms with E-state index in [2.05, 4.69) is 4.98 Å². The van der Waals surface area contributed by atoms with E-state index in [1.807, 2.05) is 0 Å². The molecular weight excluding hydrogens is 412 g/mol. The molecule has 0 bridgehead atoms. The van der Waals surface area contributed by atoms with Crippen molar-refractivity contribution in [1.82, 2.24) is 4.98 Å². The van der Waals surface area contributed by atoms with Crippen molar-refractivity contribution in [2.24, 2.45) is 5.92 Å². The van der Waals surface area contributed by atoms with Crippen molar-refractivity contribution >= 4 is 23.3 Å². The zero-order valence-corrected chi connectivity index (χ0v) is 17.5. The van der Waals surface area contributed by atoms with Gasteiger partial charge in [0.2, 0.25) is 5.88 Å². The standard InChI is InChI=1S/C24H24N2O6/c27-20-9-15(10-23(28)29)18-5-3-16(11-19(18)20)26-8-7-21(24(26)30)32-17-4-6-22(25-12-17)31-13-14-1-2-14/h3-6,11-12,14-15,21H,1-2,7-10,13H2,(H,28,29)/t15-,21?/m1/s1. The SMILES string of the molecule is O=C(O)C[C@H]1CC(=O)c2cc(N3CCC(Oc4ccc(OCC5CC5)nc4)C3=O)ccc21. The lowest BCUT2D eigenvalue weighted by Gasteiger charge is -2.18. The van der Waals surface area contributed by atoms with E-state index in [-0.39, 0.29) is 30.4 Å². The lowest BCUT2D eigenvalue weighted by molar-refractivity contribution is -0.137. The van der Waals surface area contributed by atoms with Gasteiger partial charge in [0.25, 0.3) is 5.91 Å². The van der Waals surface area contributed by atoms with Crippen LogP contribution < -0.4 is 14.4 Å². The Morgan fingerprint density at radius 1 is 1.16 bits per heavy atom. The van der Waals surface area contributed by atoms with Crippen LogP contribution in [0, 0.1) is 5.92 Å². The number of amides is 1. The van der Waals surface area contributed by atoms with Crippen LogP contribution in [0.5, 0.6) is 11.6 Å². The summed E-state index contributed by atoms with van der Waals surface area (Å²) in [4.78, 5) is 42.3. The minimum atomic E-state index is -0.925. The molecule has 1 saturated heterocycles. The predicted octanol–water partition coefficient (Wildman–Crippen LogP) is 3.20. The quantitative estimate of drug-likeness (QED) is 0.677. The average molecular weight is 436 g/mol. The van der Waals surface area contributed by atoms with Gasteiger partial charge in [-0.25, -0.2) is 4.98 Å². The van der Waals surface area contributed by atoms with Crippen LogP contribution in [0.2, 0.25) is 0 Å². The van der Waals surface area contributed by atoms with Crippen LogP contribution in [0.25, 0.3) is 0 Å². The third-order valence-electron chi connectivity index (χ3n) is 6.25. The third kappa shape index (κ3) is 4.17. The number of hydrogen-bond acceptors (Lipinski definition) is 6. The van der Waals surface area contributed by atoms with Gasteiger partial charge in [-0.15, -0.1) is 0 Å². The van der Waals surface area contributed by atoms with Gasteiger partial charge in [0.05, 0.1) is 19.2 Å². The molecule has 8 heteroatoms. The maximum absolute atomic E-state index is 12.9. The molecular formula is C24H24N2O6. The number of carbonyl (C=O) groups excluding carboxylic acids is 2. The number of Topliss-reactive ketones (excluding diaryl/α,β-unsaturated/α-hetero) is 1. The van der Waals surface area contributed by atoms with Gasteiger partial charge in [0.15, 0.2) is 11.9 Å². The van der Waals surface area contributed by atoms with Crippen LogP contribution in [0.15, 0.2) is 36.5 Å². The topological polar surface area (TPSA) is 106 Å². The van der Waals surface area contributed by atoms with E-state index in [4.69, 9.17) is 14.6 Å². The lowest BCUT2D eigenvalue weighted by atomic mass is 9.97. The Morgan fingerprint density at radius 3 is 2.72 bits per heavy atom. The number of benzene rings is 1. The highest BCUT2D eigenvalue weighted by atomic mass is 16.5. The van der Waals surface area contributed by atoms with Crippen molar-refractivity contribution in [3.05, 3.63) is 47.7 Å². The molecule has 1 aromatic carbocycles. The summed E-state index contributed by atoms with van der Waals surface area (Å²) < 4.78 is 11.5. The predicted molar refractivity (Wildman–Crippen MR) is 114 cm³/mol. The molecule has 1 unspecified atom stereocenters. The van der Waals surface area contributed by atoms with Gasteiger partial charge in [-0.3, -0.25) is 14.4 Å². The van der Waals surface area contributed by atoms with E-state index in [9.17, 15) is 14.4 Å². The monoisotopic (exact) mass is 436 g/mol. The second-order valence-electron chi connectivity index (χ2n) is 8.67. The van der Waals surface area contributed by atoms with Gasteiger partial charge in [-0.2, -0.15) is 0 Å². The molecule has 2 fully saturated rings. The molecule has 32 heavy (non-hydrogen) atoms. The van der Waals surface area contributed by atoms with Crippen molar-refractivity contribution in [2.75, 3.05) is 18.1 Å². The highest BCUT2D eigenvalue weighted by Gasteiger charge is 2.36. The van der Waals surface area contributed by atoms with E-state index in [1.54, 1.807) is 41.4 Å².